The van der Waals surface area contributed by atoms with Crippen molar-refractivity contribution in [2.24, 2.45) is 11.8 Å². The first-order valence-corrected chi connectivity index (χ1v) is 13.1. The molecule has 0 bridgehead atoms. The Hall–Kier alpha value is -0.690. The van der Waals surface area contributed by atoms with E-state index in [-0.39, 0.29) is 18.8 Å². The van der Waals surface area contributed by atoms with Crippen LogP contribution >= 0.6 is 0 Å². The second-order valence-electron chi connectivity index (χ2n) is 10.4. The predicted molar refractivity (Wildman–Crippen MR) is 125 cm³/mol. The van der Waals surface area contributed by atoms with Crippen LogP contribution in [0.25, 0.3) is 0 Å². The van der Waals surface area contributed by atoms with Gasteiger partial charge in [-0.05, 0) is 58.2 Å². The molecule has 31 heavy (non-hydrogen) atoms. The molecular formula is C25H47N3O3. The zero-order valence-corrected chi connectivity index (χ0v) is 20.0. The molecule has 0 aromatic heterocycles. The number of likely N-dealkylation sites (N-methyl/N-ethyl adjacent to an activating group) is 1. The summed E-state index contributed by atoms with van der Waals surface area (Å²) in [4.78, 5) is 13.2. The second-order valence-corrected chi connectivity index (χ2v) is 10.4. The molecule has 6 heteroatoms. The van der Waals surface area contributed by atoms with Crippen molar-refractivity contribution in [1.29, 1.82) is 0 Å². The molecule has 5 atom stereocenters. The van der Waals surface area contributed by atoms with Gasteiger partial charge in [0.25, 0.3) is 0 Å². The third kappa shape index (κ3) is 7.99. The van der Waals surface area contributed by atoms with Crippen LogP contribution in [-0.4, -0.2) is 67.1 Å². The number of rotatable bonds is 12. The molecule has 5 unspecified atom stereocenters. The number of carboxylic acids is 1. The zero-order valence-electron chi connectivity index (χ0n) is 20.0. The fraction of sp³-hybridized carbons (Fsp3) is 0.960. The quantitative estimate of drug-likeness (QED) is 0.401. The van der Waals surface area contributed by atoms with Gasteiger partial charge in [-0.15, -0.1) is 0 Å². The van der Waals surface area contributed by atoms with Gasteiger partial charge in [-0.1, -0.05) is 51.9 Å². The van der Waals surface area contributed by atoms with Gasteiger partial charge >= 0.3 is 5.97 Å². The van der Waals surface area contributed by atoms with Crippen molar-refractivity contribution in [2.45, 2.75) is 115 Å². The van der Waals surface area contributed by atoms with E-state index in [0.29, 0.717) is 18.1 Å². The maximum atomic E-state index is 11.3. The van der Waals surface area contributed by atoms with E-state index in [2.05, 4.69) is 17.6 Å². The van der Waals surface area contributed by atoms with Gasteiger partial charge in [-0.25, -0.2) is 0 Å². The molecule has 0 aromatic carbocycles. The number of fused-ring (bicyclic) bond motifs is 1. The van der Waals surface area contributed by atoms with Crippen molar-refractivity contribution in [1.82, 2.24) is 15.5 Å². The summed E-state index contributed by atoms with van der Waals surface area (Å²) >= 11 is 0. The van der Waals surface area contributed by atoms with E-state index in [1.54, 1.807) is 0 Å². The van der Waals surface area contributed by atoms with Crippen molar-refractivity contribution < 1.29 is 14.6 Å². The van der Waals surface area contributed by atoms with Crippen LogP contribution in [0.15, 0.2) is 0 Å². The third-order valence-corrected chi connectivity index (χ3v) is 7.88. The minimum absolute atomic E-state index is 0.0791. The number of piperidine rings is 2. The number of nitrogens with one attached hydrogen (secondary N) is 2. The van der Waals surface area contributed by atoms with Gasteiger partial charge in [-0.2, -0.15) is 0 Å². The third-order valence-electron chi connectivity index (χ3n) is 7.88. The van der Waals surface area contributed by atoms with Gasteiger partial charge in [0.05, 0.1) is 24.9 Å². The molecule has 0 aromatic rings. The molecule has 2 heterocycles. The average Bonchev–Trinajstić information content (AvgIpc) is 2.76. The fourth-order valence-electron chi connectivity index (χ4n) is 6.07. The van der Waals surface area contributed by atoms with Gasteiger partial charge in [-0.3, -0.25) is 15.0 Å². The molecule has 2 aliphatic heterocycles. The van der Waals surface area contributed by atoms with Crippen molar-refractivity contribution in [3.63, 3.8) is 0 Å². The lowest BCUT2D eigenvalue weighted by molar-refractivity contribution is -0.141. The van der Waals surface area contributed by atoms with E-state index in [4.69, 9.17) is 4.74 Å². The molecule has 3 N–H and O–H groups in total. The van der Waals surface area contributed by atoms with E-state index < -0.39 is 5.97 Å². The first-order chi connectivity index (χ1) is 15.1. The van der Waals surface area contributed by atoms with Gasteiger partial charge in [0, 0.05) is 18.4 Å². The monoisotopic (exact) mass is 437 g/mol. The lowest BCUT2D eigenvalue weighted by Crippen LogP contribution is -2.62. The molecule has 3 rings (SSSR count). The van der Waals surface area contributed by atoms with Crippen LogP contribution in [-0.2, 0) is 9.53 Å². The Bertz CT molecular complexity index is 526. The number of unbranched alkanes of at least 4 members (excludes halogenated alkanes) is 5. The minimum atomic E-state index is -0.759. The number of hydrogen-bond donors (Lipinski definition) is 3. The predicted octanol–water partition coefficient (Wildman–Crippen LogP) is 3.99. The summed E-state index contributed by atoms with van der Waals surface area (Å²) in [5.41, 5.74) is 0. The van der Waals surface area contributed by atoms with Crippen molar-refractivity contribution in [3.05, 3.63) is 0 Å². The molecule has 2 saturated heterocycles. The van der Waals surface area contributed by atoms with E-state index in [1.807, 2.05) is 11.9 Å². The maximum Gasteiger partial charge on any atom is 0.317 e. The summed E-state index contributed by atoms with van der Waals surface area (Å²) in [6.45, 7) is 4.46. The van der Waals surface area contributed by atoms with Crippen molar-refractivity contribution >= 4 is 5.97 Å². The number of carbonyl (C=O) groups is 1. The molecule has 1 saturated carbocycles. The summed E-state index contributed by atoms with van der Waals surface area (Å²) in [6, 6.07) is 0.461. The SMILES string of the molecule is CCCCCCCCC1CCC2NC(N(C)CC(=O)O)CC(OC3CCNCC3)C2C1. The van der Waals surface area contributed by atoms with Crippen LogP contribution in [0.4, 0.5) is 0 Å². The fourth-order valence-corrected chi connectivity index (χ4v) is 6.07. The summed E-state index contributed by atoms with van der Waals surface area (Å²) in [5.74, 6) is 0.648. The molecule has 3 fully saturated rings. The van der Waals surface area contributed by atoms with Crippen molar-refractivity contribution in [3.8, 4) is 0 Å². The molecular weight excluding hydrogens is 390 g/mol. The normalized spacial score (nSPS) is 32.2. The Morgan fingerprint density at radius 2 is 1.77 bits per heavy atom. The van der Waals surface area contributed by atoms with Crippen LogP contribution in [0.2, 0.25) is 0 Å². The summed E-state index contributed by atoms with van der Waals surface area (Å²) < 4.78 is 6.75. The van der Waals surface area contributed by atoms with Crippen LogP contribution in [0, 0.1) is 11.8 Å². The van der Waals surface area contributed by atoms with E-state index in [1.165, 1.54) is 64.2 Å². The standard InChI is InChI=1S/C25H47N3O3/c1-3-4-5-6-7-8-9-19-10-11-22-21(16-19)23(31-20-12-14-26-15-13-20)17-24(27-22)28(2)18-25(29)30/h19-24,26-27H,3-18H2,1-2H3,(H,29,30). The Morgan fingerprint density at radius 3 is 2.52 bits per heavy atom. The van der Waals surface area contributed by atoms with E-state index >= 15 is 0 Å². The highest BCUT2D eigenvalue weighted by Gasteiger charge is 2.43. The van der Waals surface area contributed by atoms with Crippen LogP contribution in [0.3, 0.4) is 0 Å². The van der Waals surface area contributed by atoms with Crippen molar-refractivity contribution in [2.75, 3.05) is 26.7 Å². The topological polar surface area (TPSA) is 73.8 Å². The molecule has 3 aliphatic rings. The zero-order chi connectivity index (χ0) is 22.1. The highest BCUT2D eigenvalue weighted by Crippen LogP contribution is 2.40. The number of ether oxygens (including phenoxy) is 1. The molecule has 0 radical (unpaired) electrons. The Labute approximate surface area is 189 Å². The van der Waals surface area contributed by atoms with Gasteiger partial charge in [0.1, 0.15) is 0 Å². The van der Waals surface area contributed by atoms with Crippen LogP contribution in [0.5, 0.6) is 0 Å². The Morgan fingerprint density at radius 1 is 1.03 bits per heavy atom. The Kier molecular flexibility index (Phi) is 10.6. The van der Waals surface area contributed by atoms with Gasteiger partial charge in [0.2, 0.25) is 0 Å². The van der Waals surface area contributed by atoms with Gasteiger partial charge in [0.15, 0.2) is 0 Å². The lowest BCUT2D eigenvalue weighted by Gasteiger charge is -2.50. The van der Waals surface area contributed by atoms with Crippen LogP contribution < -0.4 is 10.6 Å². The molecule has 180 valence electrons. The Balaban J connectivity index is 1.55. The first-order valence-electron chi connectivity index (χ1n) is 13.1. The first kappa shape index (κ1) is 24.9. The molecule has 1 aliphatic carbocycles. The maximum absolute atomic E-state index is 11.3. The second kappa shape index (κ2) is 13.1. The number of nitrogens with zero attached hydrogens (tertiary/aromatic N) is 1. The number of aliphatic carboxylic acids is 1. The van der Waals surface area contributed by atoms with Gasteiger partial charge < -0.3 is 15.2 Å². The summed E-state index contributed by atoms with van der Waals surface area (Å²) in [5, 5.41) is 16.5. The molecule has 6 nitrogen and oxygen atoms in total. The van der Waals surface area contributed by atoms with Crippen LogP contribution in [0.1, 0.15) is 90.4 Å². The highest BCUT2D eigenvalue weighted by molar-refractivity contribution is 5.69. The lowest BCUT2D eigenvalue weighted by atomic mass is 9.71. The van der Waals surface area contributed by atoms with E-state index in [9.17, 15) is 9.90 Å². The smallest absolute Gasteiger partial charge is 0.317 e. The largest absolute Gasteiger partial charge is 0.480 e. The number of carboxylic acid groups (broad SMARTS) is 1. The van der Waals surface area contributed by atoms with E-state index in [0.717, 1.165) is 38.3 Å². The minimum Gasteiger partial charge on any atom is -0.480 e. The molecule has 0 amide bonds. The summed E-state index contributed by atoms with van der Waals surface area (Å²) in [7, 11) is 1.93. The average molecular weight is 438 g/mol. The molecule has 0 spiro atoms. The summed E-state index contributed by atoms with van der Waals surface area (Å²) in [6.07, 6.45) is 17.2. The number of hydrogen-bond acceptors (Lipinski definition) is 5. The highest BCUT2D eigenvalue weighted by atomic mass is 16.5.